The number of nitrogens with zero attached hydrogens (tertiary/aromatic N) is 3. The number of benzene rings is 2. The standard InChI is InChI=1S/C21H19FN4O/c1-27-16-6-7-18(22)17(10-16)21-20-19(24-13-25-20)8-9-26(21)12-15-5-3-2-4-14(15)11-23/h2-7,10,13,21H,8-9,12H2,1H3,(H,24,25)/t21-/m1/s1. The molecule has 0 radical (unpaired) electrons. The van der Waals surface area contributed by atoms with Crippen LogP contribution < -0.4 is 4.74 Å². The van der Waals surface area contributed by atoms with Gasteiger partial charge in [0.2, 0.25) is 0 Å². The second-order valence-electron chi connectivity index (χ2n) is 6.55. The molecule has 0 unspecified atom stereocenters. The van der Waals surface area contributed by atoms with E-state index in [-0.39, 0.29) is 11.9 Å². The average Bonchev–Trinajstić information content (AvgIpc) is 3.18. The molecule has 1 aliphatic heterocycles. The fourth-order valence-corrected chi connectivity index (χ4v) is 3.68. The minimum absolute atomic E-state index is 0.296. The van der Waals surface area contributed by atoms with Crippen molar-refractivity contribution in [3.05, 3.63) is 82.7 Å². The van der Waals surface area contributed by atoms with Crippen molar-refractivity contribution in [2.75, 3.05) is 13.7 Å². The van der Waals surface area contributed by atoms with Gasteiger partial charge in [0.1, 0.15) is 11.6 Å². The Labute approximate surface area is 157 Å². The number of halogens is 1. The number of nitrogens with one attached hydrogen (secondary N) is 1. The molecule has 4 rings (SSSR count). The maximum Gasteiger partial charge on any atom is 0.128 e. The monoisotopic (exact) mass is 362 g/mol. The minimum atomic E-state index is -0.346. The number of H-pyrrole nitrogens is 1. The van der Waals surface area contributed by atoms with Crippen LogP contribution in [0.2, 0.25) is 0 Å². The first-order valence-electron chi connectivity index (χ1n) is 8.79. The molecule has 0 amide bonds. The second kappa shape index (κ2) is 7.22. The first-order chi connectivity index (χ1) is 13.2. The molecule has 2 heterocycles. The molecule has 136 valence electrons. The Morgan fingerprint density at radius 1 is 1.33 bits per heavy atom. The van der Waals surface area contributed by atoms with Crippen molar-refractivity contribution in [2.24, 2.45) is 0 Å². The highest BCUT2D eigenvalue weighted by Crippen LogP contribution is 2.37. The SMILES string of the molecule is COc1ccc(F)c([C@@H]2c3nc[nH]c3CCN2Cc2ccccc2C#N)c1. The Balaban J connectivity index is 1.78. The summed E-state index contributed by atoms with van der Waals surface area (Å²) in [5, 5.41) is 9.41. The van der Waals surface area contributed by atoms with Gasteiger partial charge in [-0.1, -0.05) is 18.2 Å². The zero-order valence-corrected chi connectivity index (χ0v) is 14.9. The third-order valence-electron chi connectivity index (χ3n) is 5.03. The van der Waals surface area contributed by atoms with Crippen molar-refractivity contribution in [3.8, 4) is 11.8 Å². The molecule has 0 aliphatic carbocycles. The van der Waals surface area contributed by atoms with Crippen LogP contribution >= 0.6 is 0 Å². The third-order valence-corrected chi connectivity index (χ3v) is 5.03. The van der Waals surface area contributed by atoms with Gasteiger partial charge in [-0.15, -0.1) is 0 Å². The lowest BCUT2D eigenvalue weighted by Crippen LogP contribution is -2.36. The largest absolute Gasteiger partial charge is 0.497 e. The zero-order valence-electron chi connectivity index (χ0n) is 14.9. The quantitative estimate of drug-likeness (QED) is 0.770. The molecule has 0 bridgehead atoms. The van der Waals surface area contributed by atoms with Crippen LogP contribution in [0.3, 0.4) is 0 Å². The number of imidazole rings is 1. The molecule has 0 saturated carbocycles. The molecule has 0 fully saturated rings. The van der Waals surface area contributed by atoms with E-state index in [1.54, 1.807) is 31.6 Å². The zero-order chi connectivity index (χ0) is 18.8. The highest BCUT2D eigenvalue weighted by atomic mass is 19.1. The molecule has 6 heteroatoms. The Bertz CT molecular complexity index is 1010. The van der Waals surface area contributed by atoms with Crippen molar-refractivity contribution < 1.29 is 9.13 Å². The summed E-state index contributed by atoms with van der Waals surface area (Å²) < 4.78 is 20.1. The Morgan fingerprint density at radius 3 is 3.00 bits per heavy atom. The maximum atomic E-state index is 14.8. The molecule has 1 N–H and O–H groups in total. The summed E-state index contributed by atoms with van der Waals surface area (Å²) in [6.45, 7) is 1.27. The van der Waals surface area contributed by atoms with E-state index < -0.39 is 0 Å². The van der Waals surface area contributed by atoms with E-state index >= 15 is 0 Å². The van der Waals surface area contributed by atoms with Gasteiger partial charge in [0, 0.05) is 30.8 Å². The Morgan fingerprint density at radius 2 is 2.19 bits per heavy atom. The molecule has 0 saturated heterocycles. The van der Waals surface area contributed by atoms with Crippen LogP contribution in [-0.2, 0) is 13.0 Å². The van der Waals surface area contributed by atoms with Crippen LogP contribution in [-0.4, -0.2) is 28.5 Å². The maximum absolute atomic E-state index is 14.8. The summed E-state index contributed by atoms with van der Waals surface area (Å²) in [6.07, 6.45) is 2.45. The molecule has 27 heavy (non-hydrogen) atoms. The van der Waals surface area contributed by atoms with E-state index in [9.17, 15) is 9.65 Å². The predicted octanol–water partition coefficient (Wildman–Crippen LogP) is 3.58. The fraction of sp³-hybridized carbons (Fsp3) is 0.238. The van der Waals surface area contributed by atoms with E-state index in [1.807, 2.05) is 18.2 Å². The predicted molar refractivity (Wildman–Crippen MR) is 98.7 cm³/mol. The van der Waals surface area contributed by atoms with Gasteiger partial charge in [-0.05, 0) is 29.8 Å². The van der Waals surface area contributed by atoms with E-state index in [1.165, 1.54) is 6.07 Å². The summed E-state index contributed by atoms with van der Waals surface area (Å²) in [6, 6.07) is 14.2. The van der Waals surface area contributed by atoms with Crippen LogP contribution in [0, 0.1) is 17.1 Å². The number of aromatic amines is 1. The molecule has 0 spiro atoms. The lowest BCUT2D eigenvalue weighted by atomic mass is 9.94. The summed E-state index contributed by atoms with van der Waals surface area (Å²) in [4.78, 5) is 9.81. The topological polar surface area (TPSA) is 64.9 Å². The van der Waals surface area contributed by atoms with E-state index in [2.05, 4.69) is 20.9 Å². The molecule has 1 aliphatic rings. The lowest BCUT2D eigenvalue weighted by Gasteiger charge is -2.35. The second-order valence-corrected chi connectivity index (χ2v) is 6.55. The molecule has 2 aromatic carbocycles. The van der Waals surface area contributed by atoms with Crippen LogP contribution in [0.25, 0.3) is 0 Å². The average molecular weight is 362 g/mol. The Kier molecular flexibility index (Phi) is 4.61. The molecular weight excluding hydrogens is 343 g/mol. The van der Waals surface area contributed by atoms with E-state index in [4.69, 9.17) is 4.74 Å². The van der Waals surface area contributed by atoms with Crippen molar-refractivity contribution in [2.45, 2.75) is 19.0 Å². The van der Waals surface area contributed by atoms with Gasteiger partial charge in [-0.2, -0.15) is 5.26 Å². The summed E-state index contributed by atoms with van der Waals surface area (Å²) >= 11 is 0. The molecular formula is C21H19FN4O. The van der Waals surface area contributed by atoms with Crippen LogP contribution in [0.15, 0.2) is 48.8 Å². The lowest BCUT2D eigenvalue weighted by molar-refractivity contribution is 0.196. The van der Waals surface area contributed by atoms with Gasteiger partial charge in [0.25, 0.3) is 0 Å². The van der Waals surface area contributed by atoms with Gasteiger partial charge in [-0.3, -0.25) is 4.90 Å². The summed E-state index contributed by atoms with van der Waals surface area (Å²) in [5.41, 5.74) is 3.93. The van der Waals surface area contributed by atoms with E-state index in [0.29, 0.717) is 23.4 Å². The number of methoxy groups -OCH3 is 1. The molecule has 1 aromatic heterocycles. The van der Waals surface area contributed by atoms with Gasteiger partial charge < -0.3 is 9.72 Å². The fourth-order valence-electron chi connectivity index (χ4n) is 3.68. The Hall–Kier alpha value is -3.17. The van der Waals surface area contributed by atoms with Crippen molar-refractivity contribution in [1.29, 1.82) is 5.26 Å². The van der Waals surface area contributed by atoms with Gasteiger partial charge in [0.05, 0.1) is 36.8 Å². The molecule has 3 aromatic rings. The van der Waals surface area contributed by atoms with Crippen LogP contribution in [0.4, 0.5) is 4.39 Å². The number of hydrogen-bond donors (Lipinski definition) is 1. The van der Waals surface area contributed by atoms with Crippen molar-refractivity contribution in [3.63, 3.8) is 0 Å². The minimum Gasteiger partial charge on any atom is -0.497 e. The van der Waals surface area contributed by atoms with Crippen LogP contribution in [0.1, 0.15) is 34.1 Å². The number of rotatable bonds is 4. The molecule has 5 nitrogen and oxygen atoms in total. The number of nitriles is 1. The van der Waals surface area contributed by atoms with Gasteiger partial charge >= 0.3 is 0 Å². The van der Waals surface area contributed by atoms with E-state index in [0.717, 1.165) is 29.9 Å². The van der Waals surface area contributed by atoms with Crippen LogP contribution in [0.5, 0.6) is 5.75 Å². The number of fused-ring (bicyclic) bond motifs is 1. The summed E-state index contributed by atoms with van der Waals surface area (Å²) in [7, 11) is 1.57. The number of aromatic nitrogens is 2. The normalized spacial score (nSPS) is 16.6. The first kappa shape index (κ1) is 17.3. The third kappa shape index (κ3) is 3.18. The van der Waals surface area contributed by atoms with Gasteiger partial charge in [-0.25, -0.2) is 9.37 Å². The van der Waals surface area contributed by atoms with Gasteiger partial charge in [0.15, 0.2) is 0 Å². The molecule has 1 atom stereocenters. The number of hydrogen-bond acceptors (Lipinski definition) is 4. The highest BCUT2D eigenvalue weighted by molar-refractivity contribution is 5.40. The highest BCUT2D eigenvalue weighted by Gasteiger charge is 2.33. The smallest absolute Gasteiger partial charge is 0.128 e. The first-order valence-corrected chi connectivity index (χ1v) is 8.79. The summed E-state index contributed by atoms with van der Waals surface area (Å²) in [5.74, 6) is 0.307. The number of ether oxygens (including phenoxy) is 1. The van der Waals surface area contributed by atoms with Crippen molar-refractivity contribution >= 4 is 0 Å². The van der Waals surface area contributed by atoms with Crippen molar-refractivity contribution in [1.82, 2.24) is 14.9 Å².